The number of hydrogen-bond acceptors (Lipinski definition) is 8. The zero-order valence-corrected chi connectivity index (χ0v) is 25.5. The fourth-order valence-corrected chi connectivity index (χ4v) is 4.87. The van der Waals surface area contributed by atoms with Crippen LogP contribution in [0, 0.1) is 0 Å². The van der Waals surface area contributed by atoms with Crippen molar-refractivity contribution in [1.82, 2.24) is 10.2 Å². The number of thiocarbonyl (C=S) groups is 1. The lowest BCUT2D eigenvalue weighted by Crippen LogP contribution is -2.51. The first kappa shape index (κ1) is 31.5. The second-order valence-corrected chi connectivity index (χ2v) is 9.40. The van der Waals surface area contributed by atoms with E-state index in [2.05, 4.69) is 5.32 Å². The summed E-state index contributed by atoms with van der Waals surface area (Å²) in [7, 11) is 1.57. The van der Waals surface area contributed by atoms with E-state index in [1.165, 1.54) is 4.90 Å². The van der Waals surface area contributed by atoms with Gasteiger partial charge in [0.2, 0.25) is 0 Å². The number of amides is 1. The SMILES string of the molecule is CCOC(=O)C1=C(C)NC(=S)N(C(=O)/C(C)=C/c2ccc(OC)c(OCC)c2)C1c1ccc(OCC)c(OCC)c1. The molecule has 2 aromatic rings. The molecule has 0 aromatic heterocycles. The van der Waals surface area contributed by atoms with Gasteiger partial charge in [0.15, 0.2) is 28.1 Å². The van der Waals surface area contributed by atoms with Crippen molar-refractivity contribution >= 4 is 35.3 Å². The lowest BCUT2D eigenvalue weighted by atomic mass is 9.92. The Kier molecular flexibility index (Phi) is 11.2. The van der Waals surface area contributed by atoms with Crippen LogP contribution in [-0.2, 0) is 14.3 Å². The molecule has 1 aliphatic heterocycles. The van der Waals surface area contributed by atoms with Gasteiger partial charge >= 0.3 is 5.97 Å². The van der Waals surface area contributed by atoms with Crippen LogP contribution in [0.15, 0.2) is 53.2 Å². The van der Waals surface area contributed by atoms with E-state index >= 15 is 0 Å². The Labute approximate surface area is 247 Å². The van der Waals surface area contributed by atoms with Gasteiger partial charge in [0.05, 0.1) is 45.2 Å². The summed E-state index contributed by atoms with van der Waals surface area (Å²) in [5.74, 6) is 1.29. The molecule has 10 heteroatoms. The summed E-state index contributed by atoms with van der Waals surface area (Å²) in [5.41, 5.74) is 2.53. The maximum atomic E-state index is 14.1. The van der Waals surface area contributed by atoms with E-state index in [9.17, 15) is 9.59 Å². The highest BCUT2D eigenvalue weighted by atomic mass is 32.1. The third-order valence-electron chi connectivity index (χ3n) is 6.25. The van der Waals surface area contributed by atoms with Crippen LogP contribution in [0.5, 0.6) is 23.0 Å². The quantitative estimate of drug-likeness (QED) is 0.195. The Balaban J connectivity index is 2.14. The first-order valence-electron chi connectivity index (χ1n) is 13.6. The molecule has 1 N–H and O–H groups in total. The molecule has 220 valence electrons. The Hall–Kier alpha value is -4.05. The Morgan fingerprint density at radius 1 is 0.902 bits per heavy atom. The van der Waals surface area contributed by atoms with Crippen LogP contribution < -0.4 is 24.3 Å². The molecule has 0 saturated heterocycles. The second-order valence-electron chi connectivity index (χ2n) is 9.01. The van der Waals surface area contributed by atoms with E-state index in [1.54, 1.807) is 64.3 Å². The van der Waals surface area contributed by atoms with Gasteiger partial charge in [0.1, 0.15) is 0 Å². The van der Waals surface area contributed by atoms with Gasteiger partial charge in [-0.1, -0.05) is 12.1 Å². The normalized spacial score (nSPS) is 15.3. The minimum atomic E-state index is -0.872. The van der Waals surface area contributed by atoms with Gasteiger partial charge in [-0.15, -0.1) is 0 Å². The first-order valence-corrected chi connectivity index (χ1v) is 14.0. The molecule has 3 rings (SSSR count). The highest BCUT2D eigenvalue weighted by Gasteiger charge is 2.40. The van der Waals surface area contributed by atoms with Gasteiger partial charge < -0.3 is 29.0 Å². The van der Waals surface area contributed by atoms with Gasteiger partial charge in [0, 0.05) is 11.3 Å². The van der Waals surface area contributed by atoms with Crippen molar-refractivity contribution < 1.29 is 33.3 Å². The molecule has 0 fully saturated rings. The molecule has 1 heterocycles. The monoisotopic (exact) mass is 582 g/mol. The van der Waals surface area contributed by atoms with Crippen LogP contribution in [0.3, 0.4) is 0 Å². The molecule has 0 bridgehead atoms. The number of ether oxygens (including phenoxy) is 5. The Morgan fingerprint density at radius 3 is 2.12 bits per heavy atom. The van der Waals surface area contributed by atoms with Crippen LogP contribution in [0.25, 0.3) is 6.08 Å². The number of hydrogen-bond donors (Lipinski definition) is 1. The second kappa shape index (κ2) is 14.5. The van der Waals surface area contributed by atoms with Gasteiger partial charge in [-0.25, -0.2) is 4.79 Å². The minimum absolute atomic E-state index is 0.162. The Bertz CT molecular complexity index is 1350. The fraction of sp³-hybridized carbons (Fsp3) is 0.387. The van der Waals surface area contributed by atoms with Crippen molar-refractivity contribution in [2.75, 3.05) is 33.5 Å². The average molecular weight is 583 g/mol. The van der Waals surface area contributed by atoms with Crippen molar-refractivity contribution in [3.63, 3.8) is 0 Å². The number of esters is 1. The standard InChI is InChI=1S/C31H38N2O7S/c1-8-37-24-15-13-22(18-26(24)39-10-3)28-27(30(35)40-11-4)20(6)32-31(41)33(28)29(34)19(5)16-21-12-14-23(36-7)25(17-21)38-9-2/h12-18,28H,8-11H2,1-7H3,(H,32,41)/b19-16+. The molecule has 9 nitrogen and oxygen atoms in total. The summed E-state index contributed by atoms with van der Waals surface area (Å²) < 4.78 is 28.1. The maximum absolute atomic E-state index is 14.1. The van der Waals surface area contributed by atoms with Crippen LogP contribution >= 0.6 is 12.2 Å². The van der Waals surface area contributed by atoms with E-state index in [-0.39, 0.29) is 23.2 Å². The van der Waals surface area contributed by atoms with Crippen LogP contribution in [0.4, 0.5) is 0 Å². The molecule has 2 aromatic carbocycles. The van der Waals surface area contributed by atoms with Gasteiger partial charge in [-0.05, 0) is 95.2 Å². The van der Waals surface area contributed by atoms with Crippen molar-refractivity contribution in [3.8, 4) is 23.0 Å². The predicted octanol–water partition coefficient (Wildman–Crippen LogP) is 5.59. The van der Waals surface area contributed by atoms with E-state index in [0.717, 1.165) is 5.56 Å². The number of benzene rings is 2. The first-order chi connectivity index (χ1) is 19.7. The zero-order valence-electron chi connectivity index (χ0n) is 24.7. The fourth-order valence-electron chi connectivity index (χ4n) is 4.53. The summed E-state index contributed by atoms with van der Waals surface area (Å²) in [6, 6.07) is 9.89. The van der Waals surface area contributed by atoms with Crippen LogP contribution in [-0.4, -0.2) is 55.4 Å². The van der Waals surface area contributed by atoms with Crippen molar-refractivity contribution in [2.24, 2.45) is 0 Å². The molecule has 1 amide bonds. The molecule has 1 aliphatic rings. The van der Waals surface area contributed by atoms with E-state index < -0.39 is 12.0 Å². The molecule has 41 heavy (non-hydrogen) atoms. The highest BCUT2D eigenvalue weighted by molar-refractivity contribution is 7.80. The van der Waals surface area contributed by atoms with Crippen LogP contribution in [0.2, 0.25) is 0 Å². The van der Waals surface area contributed by atoms with E-state index in [0.29, 0.717) is 59.7 Å². The summed E-state index contributed by atoms with van der Waals surface area (Å²) in [5, 5.41) is 3.19. The van der Waals surface area contributed by atoms with Crippen molar-refractivity contribution in [3.05, 3.63) is 64.4 Å². The van der Waals surface area contributed by atoms with Gasteiger partial charge in [0.25, 0.3) is 5.91 Å². The molecular weight excluding hydrogens is 544 g/mol. The summed E-state index contributed by atoms with van der Waals surface area (Å²) in [6.45, 7) is 12.3. The van der Waals surface area contributed by atoms with Crippen molar-refractivity contribution in [1.29, 1.82) is 0 Å². The predicted molar refractivity (Wildman–Crippen MR) is 161 cm³/mol. The summed E-state index contributed by atoms with van der Waals surface area (Å²) in [4.78, 5) is 28.8. The third kappa shape index (κ3) is 7.18. The molecule has 1 atom stereocenters. The number of carbonyl (C=O) groups is 2. The summed E-state index contributed by atoms with van der Waals surface area (Å²) in [6.07, 6.45) is 1.74. The molecule has 0 aliphatic carbocycles. The lowest BCUT2D eigenvalue weighted by Gasteiger charge is -2.38. The number of rotatable bonds is 12. The lowest BCUT2D eigenvalue weighted by molar-refractivity contribution is -0.139. The number of nitrogens with one attached hydrogen (secondary N) is 1. The molecular formula is C31H38N2O7S. The molecule has 0 radical (unpaired) electrons. The number of carbonyl (C=O) groups excluding carboxylic acids is 2. The molecule has 0 spiro atoms. The van der Waals surface area contributed by atoms with E-state index in [1.807, 2.05) is 26.8 Å². The van der Waals surface area contributed by atoms with E-state index in [4.69, 9.17) is 35.9 Å². The number of allylic oxidation sites excluding steroid dienone is 1. The number of methoxy groups -OCH3 is 1. The topological polar surface area (TPSA) is 95.6 Å². The zero-order chi connectivity index (χ0) is 30.1. The smallest absolute Gasteiger partial charge is 0.338 e. The largest absolute Gasteiger partial charge is 0.493 e. The highest BCUT2D eigenvalue weighted by Crippen LogP contribution is 2.39. The van der Waals surface area contributed by atoms with Crippen molar-refractivity contribution in [2.45, 2.75) is 47.6 Å². The van der Waals surface area contributed by atoms with Gasteiger partial charge in [-0.3, -0.25) is 9.69 Å². The number of nitrogens with zero attached hydrogens (tertiary/aromatic N) is 1. The van der Waals surface area contributed by atoms with Gasteiger partial charge in [-0.2, -0.15) is 0 Å². The average Bonchev–Trinajstić information content (AvgIpc) is 2.94. The minimum Gasteiger partial charge on any atom is -0.493 e. The summed E-state index contributed by atoms with van der Waals surface area (Å²) >= 11 is 5.67. The molecule has 1 unspecified atom stereocenters. The van der Waals surface area contributed by atoms with Crippen LogP contribution in [0.1, 0.15) is 58.7 Å². The Morgan fingerprint density at radius 2 is 1.51 bits per heavy atom. The third-order valence-corrected chi connectivity index (χ3v) is 6.55. The molecule has 0 saturated carbocycles. The maximum Gasteiger partial charge on any atom is 0.338 e.